The largest absolute Gasteiger partial charge is 0.488 e. The second kappa shape index (κ2) is 14.9. The van der Waals surface area contributed by atoms with Crippen molar-refractivity contribution in [2.24, 2.45) is 5.92 Å². The van der Waals surface area contributed by atoms with Gasteiger partial charge in [-0.15, -0.1) is 0 Å². The highest BCUT2D eigenvalue weighted by molar-refractivity contribution is 6.02. The molecule has 1 heterocycles. The van der Waals surface area contributed by atoms with E-state index in [1.165, 1.54) is 24.3 Å². The van der Waals surface area contributed by atoms with Gasteiger partial charge in [-0.25, -0.2) is 9.18 Å². The maximum Gasteiger partial charge on any atom is 0.323 e. The van der Waals surface area contributed by atoms with Gasteiger partial charge in [-0.2, -0.15) is 0 Å². The molecule has 0 unspecified atom stereocenters. The molecule has 10 heteroatoms. The number of rotatable bonds is 10. The van der Waals surface area contributed by atoms with Crippen LogP contribution in [0.2, 0.25) is 0 Å². The topological polar surface area (TPSA) is 103 Å². The van der Waals surface area contributed by atoms with E-state index >= 15 is 0 Å². The number of carbonyl (C=O) groups excluding carboxylic acids is 2. The molecule has 4 aromatic carbocycles. The van der Waals surface area contributed by atoms with Gasteiger partial charge >= 0.3 is 6.03 Å². The van der Waals surface area contributed by atoms with Gasteiger partial charge in [0.1, 0.15) is 29.2 Å². The van der Waals surface area contributed by atoms with Crippen molar-refractivity contribution in [1.29, 1.82) is 0 Å². The fourth-order valence-corrected chi connectivity index (χ4v) is 5.32. The lowest BCUT2D eigenvalue weighted by Crippen LogP contribution is -2.49. The minimum Gasteiger partial charge on any atom is -0.488 e. The van der Waals surface area contributed by atoms with E-state index < -0.39 is 17.9 Å². The number of aliphatic hydroxyl groups is 1. The van der Waals surface area contributed by atoms with Gasteiger partial charge in [-0.3, -0.25) is 9.69 Å². The van der Waals surface area contributed by atoms with Crippen LogP contribution in [-0.4, -0.2) is 65.7 Å². The van der Waals surface area contributed by atoms with Crippen LogP contribution in [0.4, 0.5) is 20.6 Å². The zero-order valence-electron chi connectivity index (χ0n) is 26.2. The van der Waals surface area contributed by atoms with E-state index in [1.807, 2.05) is 68.6 Å². The van der Waals surface area contributed by atoms with Crippen molar-refractivity contribution in [2.75, 3.05) is 37.4 Å². The molecule has 5 rings (SSSR count). The van der Waals surface area contributed by atoms with Crippen LogP contribution in [0.25, 0.3) is 0 Å². The van der Waals surface area contributed by atoms with Crippen LogP contribution >= 0.6 is 0 Å². The molecule has 4 aromatic rings. The smallest absolute Gasteiger partial charge is 0.323 e. The number of hydrogen-bond donors (Lipinski definition) is 3. The Bertz CT molecular complexity index is 1620. The molecule has 0 bridgehead atoms. The van der Waals surface area contributed by atoms with Gasteiger partial charge in [-0.1, -0.05) is 37.3 Å². The lowest BCUT2D eigenvalue weighted by Gasteiger charge is -2.38. The molecule has 0 spiro atoms. The second-order valence-corrected chi connectivity index (χ2v) is 11.7. The van der Waals surface area contributed by atoms with Crippen LogP contribution in [0, 0.1) is 11.7 Å². The lowest BCUT2D eigenvalue weighted by molar-refractivity contribution is 0.0341. The number of halogens is 1. The fraction of sp³-hybridized carbons (Fsp3) is 0.278. The van der Waals surface area contributed by atoms with Gasteiger partial charge in [-0.05, 0) is 86.3 Å². The maximum absolute atomic E-state index is 13.8. The molecule has 0 saturated carbocycles. The Morgan fingerprint density at radius 3 is 2.35 bits per heavy atom. The fourth-order valence-electron chi connectivity index (χ4n) is 5.32. The van der Waals surface area contributed by atoms with E-state index in [0.29, 0.717) is 36.8 Å². The average Bonchev–Trinajstić information content (AvgIpc) is 3.05. The second-order valence-electron chi connectivity index (χ2n) is 11.7. The Morgan fingerprint density at radius 2 is 1.65 bits per heavy atom. The molecule has 1 aliphatic rings. The standard InChI is InChI=1S/C36H39FN4O5/c1-24-20-41(25(2)23-42)35(43)32-19-29(39-36(44)38-28-13-11-27(37)12-14-28)15-18-33(32)46-34(24)22-40(3)21-26-9-16-31(17-10-26)45-30-7-5-4-6-8-30/h4-19,24-25,34,42H,20-23H2,1-3H3,(H2,38,39,44)/t24-,25-,34-/m1/s1. The number of fused-ring (bicyclic) bond motifs is 1. The molecule has 0 aliphatic carbocycles. The van der Waals surface area contributed by atoms with Gasteiger partial charge in [0.2, 0.25) is 0 Å². The van der Waals surface area contributed by atoms with E-state index in [9.17, 15) is 19.1 Å². The number of benzene rings is 4. The van der Waals surface area contributed by atoms with Gasteiger partial charge in [0.25, 0.3) is 5.91 Å². The van der Waals surface area contributed by atoms with E-state index in [4.69, 9.17) is 9.47 Å². The lowest BCUT2D eigenvalue weighted by atomic mass is 9.99. The van der Waals surface area contributed by atoms with Gasteiger partial charge < -0.3 is 30.1 Å². The summed E-state index contributed by atoms with van der Waals surface area (Å²) in [7, 11) is 2.02. The van der Waals surface area contributed by atoms with Crippen LogP contribution < -0.4 is 20.1 Å². The SMILES string of the molecule is C[C@@H]1CN([C@H](C)CO)C(=O)c2cc(NC(=O)Nc3ccc(F)cc3)ccc2O[C@@H]1CN(C)Cc1ccc(Oc2ccccc2)cc1. The molecule has 46 heavy (non-hydrogen) atoms. The van der Waals surface area contributed by atoms with Crippen LogP contribution in [-0.2, 0) is 6.54 Å². The Labute approximate surface area is 268 Å². The molecular formula is C36H39FN4O5. The molecule has 9 nitrogen and oxygen atoms in total. The molecule has 0 fully saturated rings. The number of para-hydroxylation sites is 1. The van der Waals surface area contributed by atoms with Crippen molar-refractivity contribution in [3.63, 3.8) is 0 Å². The summed E-state index contributed by atoms with van der Waals surface area (Å²) >= 11 is 0. The highest BCUT2D eigenvalue weighted by Gasteiger charge is 2.33. The van der Waals surface area contributed by atoms with Crippen molar-refractivity contribution in [3.05, 3.63) is 114 Å². The highest BCUT2D eigenvalue weighted by atomic mass is 19.1. The van der Waals surface area contributed by atoms with Crippen LogP contribution in [0.3, 0.4) is 0 Å². The Kier molecular flexibility index (Phi) is 10.5. The van der Waals surface area contributed by atoms with Gasteiger partial charge in [0.05, 0.1) is 18.2 Å². The number of urea groups is 1. The Hall–Kier alpha value is -4.93. The summed E-state index contributed by atoms with van der Waals surface area (Å²) in [6.07, 6.45) is -0.272. The summed E-state index contributed by atoms with van der Waals surface area (Å²) in [5.41, 5.74) is 2.20. The third-order valence-corrected chi connectivity index (χ3v) is 7.87. The molecule has 3 amide bonds. The third-order valence-electron chi connectivity index (χ3n) is 7.87. The first kappa shape index (κ1) is 32.5. The maximum atomic E-state index is 13.8. The highest BCUT2D eigenvalue weighted by Crippen LogP contribution is 2.31. The minimum absolute atomic E-state index is 0.0468. The molecule has 0 saturated heterocycles. The van der Waals surface area contributed by atoms with E-state index in [2.05, 4.69) is 15.5 Å². The minimum atomic E-state index is -0.542. The summed E-state index contributed by atoms with van der Waals surface area (Å²) in [6, 6.07) is 27.0. The normalized spacial score (nSPS) is 16.9. The van der Waals surface area contributed by atoms with Crippen molar-refractivity contribution in [1.82, 2.24) is 9.80 Å². The number of carbonyl (C=O) groups is 2. The van der Waals surface area contributed by atoms with Crippen LogP contribution in [0.15, 0.2) is 97.1 Å². The van der Waals surface area contributed by atoms with Crippen molar-refractivity contribution in [3.8, 4) is 17.2 Å². The molecule has 3 atom stereocenters. The molecule has 240 valence electrons. The summed E-state index contributed by atoms with van der Waals surface area (Å²) in [6.45, 7) is 5.29. The van der Waals surface area contributed by atoms with Crippen LogP contribution in [0.1, 0.15) is 29.8 Å². The zero-order valence-corrected chi connectivity index (χ0v) is 26.2. The molecule has 3 N–H and O–H groups in total. The quantitative estimate of drug-likeness (QED) is 0.183. The monoisotopic (exact) mass is 626 g/mol. The van der Waals surface area contributed by atoms with Crippen molar-refractivity contribution in [2.45, 2.75) is 32.5 Å². The first-order valence-corrected chi connectivity index (χ1v) is 15.2. The summed E-state index contributed by atoms with van der Waals surface area (Å²) in [4.78, 5) is 30.2. The predicted molar refractivity (Wildman–Crippen MR) is 176 cm³/mol. The van der Waals surface area contributed by atoms with Crippen LogP contribution in [0.5, 0.6) is 17.2 Å². The van der Waals surface area contributed by atoms with Gasteiger partial charge in [0.15, 0.2) is 0 Å². The van der Waals surface area contributed by atoms with Crippen molar-refractivity contribution >= 4 is 23.3 Å². The summed E-state index contributed by atoms with van der Waals surface area (Å²) in [5, 5.41) is 15.4. The number of ether oxygens (including phenoxy) is 2. The number of anilines is 2. The number of likely N-dealkylation sites (N-methyl/N-ethyl adjacent to an activating group) is 1. The zero-order chi connectivity index (χ0) is 32.6. The Morgan fingerprint density at radius 1 is 1.00 bits per heavy atom. The van der Waals surface area contributed by atoms with Crippen molar-refractivity contribution < 1.29 is 28.6 Å². The number of amides is 3. The number of nitrogens with zero attached hydrogens (tertiary/aromatic N) is 2. The van der Waals surface area contributed by atoms with E-state index in [1.54, 1.807) is 30.0 Å². The molecule has 0 aromatic heterocycles. The van der Waals surface area contributed by atoms with Gasteiger partial charge in [0, 0.05) is 36.9 Å². The van der Waals surface area contributed by atoms with E-state index in [0.717, 1.165) is 17.1 Å². The Balaban J connectivity index is 1.29. The summed E-state index contributed by atoms with van der Waals surface area (Å²) < 4.78 is 25.7. The number of hydrogen-bond acceptors (Lipinski definition) is 6. The first-order chi connectivity index (χ1) is 22.2. The third kappa shape index (κ3) is 8.41. The molecule has 1 aliphatic heterocycles. The van der Waals surface area contributed by atoms with E-state index in [-0.39, 0.29) is 30.1 Å². The average molecular weight is 627 g/mol. The first-order valence-electron chi connectivity index (χ1n) is 15.2. The number of nitrogens with one attached hydrogen (secondary N) is 2. The predicted octanol–water partition coefficient (Wildman–Crippen LogP) is 6.61. The summed E-state index contributed by atoms with van der Waals surface area (Å²) in [5.74, 6) is 1.19. The molecule has 0 radical (unpaired) electrons. The molecular weight excluding hydrogens is 587 g/mol. The number of aliphatic hydroxyl groups excluding tert-OH is 1.